The number of cyclic esters (lactones) is 1. The number of carboxylic acid groups (broad SMARTS) is 1. The van der Waals surface area contributed by atoms with Gasteiger partial charge in [0.15, 0.2) is 0 Å². The summed E-state index contributed by atoms with van der Waals surface area (Å²) >= 11 is 0. The Hall–Kier alpha value is -2.99. The van der Waals surface area contributed by atoms with E-state index in [-0.39, 0.29) is 29.7 Å². The van der Waals surface area contributed by atoms with E-state index in [0.29, 0.717) is 37.6 Å². The minimum atomic E-state index is -0.882. The second-order valence-electron chi connectivity index (χ2n) is 12.7. The van der Waals surface area contributed by atoms with Crippen molar-refractivity contribution in [2.45, 2.75) is 104 Å². The molecule has 0 unspecified atom stereocenters. The molecule has 9 atom stereocenters. The number of rotatable bonds is 3. The van der Waals surface area contributed by atoms with Gasteiger partial charge >= 0.3 is 11.9 Å². The molecule has 1 fully saturated rings. The van der Waals surface area contributed by atoms with Gasteiger partial charge in [-0.25, -0.2) is 0 Å². The molecule has 3 rings (SSSR count). The second kappa shape index (κ2) is 18.6. The normalized spacial score (nSPS) is 35.0. The summed E-state index contributed by atoms with van der Waals surface area (Å²) in [6.07, 6.45) is 7.33. The SMILES string of the molecule is C[C@@H]1C[C@H](C)C[C@H](C)[C@@H](O)CC(=O)O[C@H]([C@@H]2CCC[C@H]2C(=O)O)C/C=C/C=C(/C#N)[C@H](O)[C@@H](C)C1.[NH-]Cc1ccccc1. The maximum Gasteiger partial charge on any atom is 0.308 e. The molecule has 2 aliphatic rings. The number of benzene rings is 1. The number of nitriles is 1. The zero-order valence-electron chi connectivity index (χ0n) is 26.2. The number of carbonyl (C=O) groups is 2. The largest absolute Gasteiger partial charge is 0.674 e. The number of allylic oxidation sites excluding steroid dienone is 2. The molecule has 0 amide bonds. The Balaban J connectivity index is 0.000000694. The van der Waals surface area contributed by atoms with E-state index in [1.807, 2.05) is 44.2 Å². The summed E-state index contributed by atoms with van der Waals surface area (Å²) in [6, 6.07) is 11.9. The molecule has 0 aromatic heterocycles. The van der Waals surface area contributed by atoms with E-state index in [0.717, 1.165) is 31.2 Å². The van der Waals surface area contributed by atoms with Crippen LogP contribution >= 0.6 is 0 Å². The molecule has 0 bridgehead atoms. The Morgan fingerprint density at radius 2 is 1.67 bits per heavy atom. The third-order valence-corrected chi connectivity index (χ3v) is 8.85. The topological polar surface area (TPSA) is 152 Å². The van der Waals surface area contributed by atoms with Gasteiger partial charge in [-0.1, -0.05) is 82.2 Å². The molecule has 1 aromatic rings. The zero-order chi connectivity index (χ0) is 31.9. The number of nitrogens with one attached hydrogen (secondary N) is 1. The van der Waals surface area contributed by atoms with Gasteiger partial charge in [0.2, 0.25) is 0 Å². The number of aliphatic carboxylic acids is 1. The lowest BCUT2D eigenvalue weighted by atomic mass is 9.82. The lowest BCUT2D eigenvalue weighted by molar-refractivity contribution is -0.159. The van der Waals surface area contributed by atoms with Crippen LogP contribution in [-0.2, 0) is 20.9 Å². The Morgan fingerprint density at radius 1 is 1.02 bits per heavy atom. The van der Waals surface area contributed by atoms with Crippen LogP contribution in [0.1, 0.15) is 84.6 Å². The first-order chi connectivity index (χ1) is 20.5. The molecular formula is C35H51N2O6-. The molecule has 8 nitrogen and oxygen atoms in total. The summed E-state index contributed by atoms with van der Waals surface area (Å²) in [5.41, 5.74) is 8.30. The summed E-state index contributed by atoms with van der Waals surface area (Å²) in [4.78, 5) is 24.5. The number of nitrogens with zero attached hydrogens (tertiary/aromatic N) is 1. The molecule has 0 radical (unpaired) electrons. The van der Waals surface area contributed by atoms with Crippen LogP contribution in [0.2, 0.25) is 0 Å². The number of hydrogen-bond acceptors (Lipinski definition) is 6. The van der Waals surface area contributed by atoms with Gasteiger partial charge in [-0.05, 0) is 61.9 Å². The maximum atomic E-state index is 12.7. The number of ether oxygens (including phenoxy) is 1. The minimum Gasteiger partial charge on any atom is -0.674 e. The minimum absolute atomic E-state index is 0.0816. The average Bonchev–Trinajstić information content (AvgIpc) is 3.47. The number of aliphatic hydroxyl groups is 2. The van der Waals surface area contributed by atoms with Crippen molar-refractivity contribution in [3.05, 3.63) is 65.4 Å². The van der Waals surface area contributed by atoms with Crippen LogP contribution in [0.4, 0.5) is 0 Å². The first-order valence-electron chi connectivity index (χ1n) is 15.7. The first-order valence-corrected chi connectivity index (χ1v) is 15.7. The van der Waals surface area contributed by atoms with Crippen molar-refractivity contribution in [3.8, 4) is 6.07 Å². The van der Waals surface area contributed by atoms with Crippen LogP contribution < -0.4 is 0 Å². The van der Waals surface area contributed by atoms with E-state index in [4.69, 9.17) is 10.5 Å². The van der Waals surface area contributed by atoms with Crippen molar-refractivity contribution in [2.24, 2.45) is 35.5 Å². The van der Waals surface area contributed by atoms with E-state index in [1.165, 1.54) is 0 Å². The molecule has 1 saturated carbocycles. The van der Waals surface area contributed by atoms with E-state index < -0.39 is 36.2 Å². The van der Waals surface area contributed by atoms with E-state index in [9.17, 15) is 30.2 Å². The molecule has 1 aliphatic carbocycles. The third-order valence-electron chi connectivity index (χ3n) is 8.85. The molecule has 238 valence electrons. The van der Waals surface area contributed by atoms with E-state index >= 15 is 0 Å². The number of aliphatic hydroxyl groups excluding tert-OH is 2. The summed E-state index contributed by atoms with van der Waals surface area (Å²) in [6.45, 7) is 8.55. The van der Waals surface area contributed by atoms with Crippen LogP contribution in [0.3, 0.4) is 0 Å². The molecule has 1 aliphatic heterocycles. The Kier molecular flexibility index (Phi) is 15.7. The summed E-state index contributed by atoms with van der Waals surface area (Å²) in [5, 5.41) is 40.6. The lowest BCUT2D eigenvalue weighted by Crippen LogP contribution is -2.34. The Labute approximate surface area is 257 Å². The van der Waals surface area contributed by atoms with E-state index in [2.05, 4.69) is 19.9 Å². The van der Waals surface area contributed by atoms with Crippen molar-refractivity contribution in [3.63, 3.8) is 0 Å². The summed E-state index contributed by atoms with van der Waals surface area (Å²) in [5.74, 6) is -1.77. The quantitative estimate of drug-likeness (QED) is 0.322. The van der Waals surface area contributed by atoms with Crippen LogP contribution in [-0.4, -0.2) is 45.6 Å². The van der Waals surface area contributed by atoms with Gasteiger partial charge in [0.1, 0.15) is 6.10 Å². The van der Waals surface area contributed by atoms with Gasteiger partial charge in [0, 0.05) is 12.3 Å². The highest BCUT2D eigenvalue weighted by atomic mass is 16.5. The maximum absolute atomic E-state index is 12.7. The average molecular weight is 596 g/mol. The zero-order valence-corrected chi connectivity index (χ0v) is 26.2. The van der Waals surface area contributed by atoms with Crippen molar-refractivity contribution < 1.29 is 29.6 Å². The fourth-order valence-corrected chi connectivity index (χ4v) is 6.56. The van der Waals surface area contributed by atoms with E-state index in [1.54, 1.807) is 18.2 Å². The molecule has 43 heavy (non-hydrogen) atoms. The van der Waals surface area contributed by atoms with Crippen molar-refractivity contribution >= 4 is 11.9 Å². The monoisotopic (exact) mass is 595 g/mol. The van der Waals surface area contributed by atoms with Crippen LogP contribution in [0.25, 0.3) is 5.73 Å². The first kappa shape index (κ1) is 36.2. The van der Waals surface area contributed by atoms with Gasteiger partial charge < -0.3 is 25.8 Å². The number of carboxylic acids is 1. The lowest BCUT2D eigenvalue weighted by Gasteiger charge is -2.28. The predicted molar refractivity (Wildman–Crippen MR) is 167 cm³/mol. The van der Waals surface area contributed by atoms with Crippen molar-refractivity contribution in [2.75, 3.05) is 0 Å². The highest BCUT2D eigenvalue weighted by molar-refractivity contribution is 5.72. The number of carbonyl (C=O) groups excluding carboxylic acids is 1. The number of esters is 1. The van der Waals surface area contributed by atoms with Crippen LogP contribution in [0.15, 0.2) is 54.1 Å². The van der Waals surface area contributed by atoms with Gasteiger partial charge in [0.05, 0.1) is 36.2 Å². The Morgan fingerprint density at radius 3 is 2.26 bits per heavy atom. The standard InChI is InChI=1S/C28H43NO6.C7H8N/c1-17-12-18(2)14-20(4)27(32)21(16-29)8-5-6-11-25(22-9-7-10-23(22)28(33)34)35-26(31)15-24(30)19(3)13-17;8-6-7-4-2-1-3-5-7/h5-6,8,17-20,22-25,27,30,32H,7,9-15H2,1-4H3,(H,33,34);1-5,8H,6H2/q;-1/b6-5+,21-8-;/t17-,18+,19-,20-,22+,23+,24-,25-,27+;/m0./s1. The fraction of sp³-hybridized carbons (Fsp3) is 0.629. The second-order valence-corrected chi connectivity index (χ2v) is 12.7. The molecule has 4 N–H and O–H groups in total. The Bertz CT molecular complexity index is 1100. The van der Waals surface area contributed by atoms with Gasteiger partial charge in [-0.3, -0.25) is 9.59 Å². The highest BCUT2D eigenvalue weighted by Gasteiger charge is 2.39. The predicted octanol–water partition coefficient (Wildman–Crippen LogP) is 6.87. The van der Waals surface area contributed by atoms with Crippen LogP contribution in [0.5, 0.6) is 0 Å². The number of hydrogen-bond donors (Lipinski definition) is 3. The van der Waals surface area contributed by atoms with Gasteiger partial charge in [0.25, 0.3) is 0 Å². The van der Waals surface area contributed by atoms with Gasteiger partial charge in [-0.2, -0.15) is 5.26 Å². The fourth-order valence-electron chi connectivity index (χ4n) is 6.56. The van der Waals surface area contributed by atoms with Crippen molar-refractivity contribution in [1.29, 1.82) is 5.26 Å². The smallest absolute Gasteiger partial charge is 0.308 e. The van der Waals surface area contributed by atoms with Gasteiger partial charge in [-0.15, -0.1) is 6.54 Å². The molecule has 1 aromatic carbocycles. The summed E-state index contributed by atoms with van der Waals surface area (Å²) < 4.78 is 5.77. The molecule has 0 spiro atoms. The van der Waals surface area contributed by atoms with Crippen molar-refractivity contribution in [1.82, 2.24) is 0 Å². The molecule has 1 heterocycles. The highest BCUT2D eigenvalue weighted by Crippen LogP contribution is 2.37. The van der Waals surface area contributed by atoms with Crippen LogP contribution in [0, 0.1) is 46.8 Å². The summed E-state index contributed by atoms with van der Waals surface area (Å²) in [7, 11) is 0. The molecule has 0 saturated heterocycles. The third kappa shape index (κ3) is 12.3. The molecule has 8 heteroatoms. The molecular weight excluding hydrogens is 544 g/mol.